The van der Waals surface area contributed by atoms with Crippen LogP contribution in [0.15, 0.2) is 30.6 Å². The van der Waals surface area contributed by atoms with Crippen LogP contribution in [-0.4, -0.2) is 18.1 Å². The predicted molar refractivity (Wildman–Crippen MR) is 69.5 cm³/mol. The van der Waals surface area contributed by atoms with Crippen LogP contribution in [0, 0.1) is 6.92 Å². The van der Waals surface area contributed by atoms with Gasteiger partial charge in [0.25, 0.3) is 0 Å². The molecule has 0 saturated heterocycles. The number of aryl methyl sites for hydroxylation is 1. The molecule has 0 aromatic carbocycles. The van der Waals surface area contributed by atoms with Crippen LogP contribution in [-0.2, 0) is 0 Å². The summed E-state index contributed by atoms with van der Waals surface area (Å²) >= 11 is 0. The Morgan fingerprint density at radius 2 is 2.31 bits per heavy atom. The molecule has 88 valence electrons. The molecule has 0 atom stereocenters. The van der Waals surface area contributed by atoms with Crippen molar-refractivity contribution in [2.24, 2.45) is 0 Å². The van der Waals surface area contributed by atoms with E-state index in [-0.39, 0.29) is 0 Å². The number of nitrogens with zero attached hydrogens (tertiary/aromatic N) is 1. The fourth-order valence-corrected chi connectivity index (χ4v) is 1.49. The number of aromatic nitrogens is 1. The third-order valence-electron chi connectivity index (χ3n) is 2.30. The van der Waals surface area contributed by atoms with Crippen molar-refractivity contribution in [1.82, 2.24) is 10.3 Å². The number of hydrogen-bond donors (Lipinski definition) is 2. The molecule has 0 radical (unpaired) electrons. The maximum atomic E-state index is 4.24. The summed E-state index contributed by atoms with van der Waals surface area (Å²) in [6.45, 7) is 9.98. The minimum absolute atomic E-state index is 0.931. The van der Waals surface area contributed by atoms with E-state index in [1.807, 2.05) is 12.3 Å². The third kappa shape index (κ3) is 4.82. The van der Waals surface area contributed by atoms with Crippen LogP contribution < -0.4 is 10.6 Å². The van der Waals surface area contributed by atoms with Crippen LogP contribution in [0.25, 0.3) is 0 Å². The van der Waals surface area contributed by atoms with Crippen molar-refractivity contribution in [2.75, 3.05) is 18.4 Å². The number of allylic oxidation sites excluding steroid dienone is 1. The summed E-state index contributed by atoms with van der Waals surface area (Å²) < 4.78 is 0. The van der Waals surface area contributed by atoms with Gasteiger partial charge in [-0.1, -0.05) is 6.58 Å². The fraction of sp³-hybridized carbons (Fsp3) is 0.462. The molecule has 1 aromatic heterocycles. The Bertz CT molecular complexity index is 334. The Hall–Kier alpha value is -1.51. The summed E-state index contributed by atoms with van der Waals surface area (Å²) in [5.41, 5.74) is 2.34. The highest BCUT2D eigenvalue weighted by Gasteiger charge is 1.95. The molecule has 0 spiro atoms. The SMILES string of the molecule is C=C(CCCNc1cc(C)ccn1)NCC. The van der Waals surface area contributed by atoms with Gasteiger partial charge in [0.05, 0.1) is 0 Å². The normalized spacial score (nSPS) is 9.88. The molecule has 1 heterocycles. The Labute approximate surface area is 98.0 Å². The monoisotopic (exact) mass is 219 g/mol. The molecule has 1 aromatic rings. The number of anilines is 1. The first-order chi connectivity index (χ1) is 7.72. The molecule has 0 aliphatic carbocycles. The molecule has 0 bridgehead atoms. The molecule has 1 rings (SSSR count). The molecule has 3 heteroatoms. The van der Waals surface area contributed by atoms with E-state index >= 15 is 0 Å². The molecule has 0 amide bonds. The Kier molecular flexibility index (Phi) is 5.40. The van der Waals surface area contributed by atoms with Crippen molar-refractivity contribution < 1.29 is 0 Å². The Morgan fingerprint density at radius 1 is 1.50 bits per heavy atom. The number of pyridine rings is 1. The van der Waals surface area contributed by atoms with Gasteiger partial charge in [0.1, 0.15) is 5.82 Å². The molecule has 16 heavy (non-hydrogen) atoms. The lowest BCUT2D eigenvalue weighted by Crippen LogP contribution is -2.12. The van der Waals surface area contributed by atoms with Gasteiger partial charge < -0.3 is 10.6 Å². The molecule has 0 aliphatic heterocycles. The molecule has 2 N–H and O–H groups in total. The summed E-state index contributed by atoms with van der Waals surface area (Å²) in [4.78, 5) is 4.24. The van der Waals surface area contributed by atoms with E-state index in [9.17, 15) is 0 Å². The van der Waals surface area contributed by atoms with Crippen molar-refractivity contribution in [2.45, 2.75) is 26.7 Å². The second-order valence-electron chi connectivity index (χ2n) is 3.88. The highest BCUT2D eigenvalue weighted by molar-refractivity contribution is 5.36. The number of hydrogen-bond acceptors (Lipinski definition) is 3. The second-order valence-corrected chi connectivity index (χ2v) is 3.88. The fourth-order valence-electron chi connectivity index (χ4n) is 1.49. The zero-order valence-corrected chi connectivity index (χ0v) is 10.2. The van der Waals surface area contributed by atoms with Crippen LogP contribution in [0.4, 0.5) is 5.82 Å². The van der Waals surface area contributed by atoms with Crippen LogP contribution in [0.5, 0.6) is 0 Å². The van der Waals surface area contributed by atoms with Gasteiger partial charge in [-0.05, 0) is 44.4 Å². The molecule has 0 aliphatic rings. The predicted octanol–water partition coefficient (Wildman–Crippen LogP) is 2.71. The average Bonchev–Trinajstić information content (AvgIpc) is 2.25. The maximum Gasteiger partial charge on any atom is 0.126 e. The topological polar surface area (TPSA) is 37.0 Å². The highest BCUT2D eigenvalue weighted by Crippen LogP contribution is 2.06. The summed E-state index contributed by atoms with van der Waals surface area (Å²) in [6.07, 6.45) is 3.91. The first-order valence-corrected chi connectivity index (χ1v) is 5.80. The van der Waals surface area contributed by atoms with Crippen LogP contribution >= 0.6 is 0 Å². The standard InChI is InChI=1S/C13H21N3/c1-4-14-12(3)6-5-8-15-13-10-11(2)7-9-16-13/h7,9-10,14H,3-6,8H2,1-2H3,(H,15,16). The quantitative estimate of drug-likeness (QED) is 0.692. The molecule has 0 saturated carbocycles. The van der Waals surface area contributed by atoms with E-state index < -0.39 is 0 Å². The third-order valence-corrected chi connectivity index (χ3v) is 2.30. The van der Waals surface area contributed by atoms with Crippen LogP contribution in [0.1, 0.15) is 25.3 Å². The lowest BCUT2D eigenvalue weighted by Gasteiger charge is -2.08. The Balaban J connectivity index is 2.18. The average molecular weight is 219 g/mol. The number of rotatable bonds is 7. The van der Waals surface area contributed by atoms with Gasteiger partial charge >= 0.3 is 0 Å². The molecular weight excluding hydrogens is 198 g/mol. The number of nitrogens with one attached hydrogen (secondary N) is 2. The highest BCUT2D eigenvalue weighted by atomic mass is 15.0. The Morgan fingerprint density at radius 3 is 3.00 bits per heavy atom. The van der Waals surface area contributed by atoms with E-state index in [1.54, 1.807) is 0 Å². The van der Waals surface area contributed by atoms with Crippen molar-refractivity contribution >= 4 is 5.82 Å². The van der Waals surface area contributed by atoms with Crippen molar-refractivity contribution in [3.05, 3.63) is 36.2 Å². The van der Waals surface area contributed by atoms with Gasteiger partial charge in [-0.2, -0.15) is 0 Å². The van der Waals surface area contributed by atoms with Crippen molar-refractivity contribution in [3.63, 3.8) is 0 Å². The summed E-state index contributed by atoms with van der Waals surface area (Å²) in [6, 6.07) is 4.05. The van der Waals surface area contributed by atoms with Gasteiger partial charge in [0.15, 0.2) is 0 Å². The minimum Gasteiger partial charge on any atom is -0.389 e. The summed E-state index contributed by atoms with van der Waals surface area (Å²) in [7, 11) is 0. The van der Waals surface area contributed by atoms with E-state index in [1.165, 1.54) is 5.56 Å². The van der Waals surface area contributed by atoms with Crippen LogP contribution in [0.2, 0.25) is 0 Å². The van der Waals surface area contributed by atoms with Crippen molar-refractivity contribution in [1.29, 1.82) is 0 Å². The zero-order chi connectivity index (χ0) is 11.8. The summed E-state index contributed by atoms with van der Waals surface area (Å²) in [5.74, 6) is 0.953. The maximum absolute atomic E-state index is 4.24. The van der Waals surface area contributed by atoms with Gasteiger partial charge in [-0.15, -0.1) is 0 Å². The van der Waals surface area contributed by atoms with Crippen molar-refractivity contribution in [3.8, 4) is 0 Å². The molecule has 0 unspecified atom stereocenters. The first kappa shape index (κ1) is 12.6. The minimum atomic E-state index is 0.931. The second kappa shape index (κ2) is 6.88. The van der Waals surface area contributed by atoms with Gasteiger partial charge in [-0.3, -0.25) is 0 Å². The van der Waals surface area contributed by atoms with E-state index in [0.717, 1.165) is 37.4 Å². The van der Waals surface area contributed by atoms with Gasteiger partial charge in [0.2, 0.25) is 0 Å². The van der Waals surface area contributed by atoms with E-state index in [2.05, 4.69) is 42.1 Å². The van der Waals surface area contributed by atoms with Gasteiger partial charge in [0, 0.05) is 25.0 Å². The van der Waals surface area contributed by atoms with E-state index in [0.29, 0.717) is 0 Å². The molecule has 3 nitrogen and oxygen atoms in total. The smallest absolute Gasteiger partial charge is 0.126 e. The first-order valence-electron chi connectivity index (χ1n) is 5.80. The lowest BCUT2D eigenvalue weighted by atomic mass is 10.2. The zero-order valence-electron chi connectivity index (χ0n) is 10.2. The largest absolute Gasteiger partial charge is 0.389 e. The van der Waals surface area contributed by atoms with Crippen LogP contribution in [0.3, 0.4) is 0 Å². The molecule has 0 fully saturated rings. The van der Waals surface area contributed by atoms with E-state index in [4.69, 9.17) is 0 Å². The lowest BCUT2D eigenvalue weighted by molar-refractivity contribution is 0.748. The van der Waals surface area contributed by atoms with Gasteiger partial charge in [-0.25, -0.2) is 4.98 Å². The molecular formula is C13H21N3. The summed E-state index contributed by atoms with van der Waals surface area (Å²) in [5, 5.41) is 6.52.